The summed E-state index contributed by atoms with van der Waals surface area (Å²) in [4.78, 5) is 20.9. The number of rotatable bonds is 3. The number of aromatic nitrogens is 6. The van der Waals surface area contributed by atoms with Crippen molar-refractivity contribution in [3.63, 3.8) is 0 Å². The summed E-state index contributed by atoms with van der Waals surface area (Å²) < 4.78 is 31.0. The number of fused-ring (bicyclic) bond motifs is 4. The van der Waals surface area contributed by atoms with E-state index < -0.39 is 9.84 Å². The molecule has 170 valence electrons. The molecular weight excluding hydrogens is 440 g/mol. The summed E-state index contributed by atoms with van der Waals surface area (Å²) in [6.07, 6.45) is 8.63. The predicted molar refractivity (Wildman–Crippen MR) is 127 cm³/mol. The van der Waals surface area contributed by atoms with Crippen molar-refractivity contribution >= 4 is 42.8 Å². The number of nitrogens with one attached hydrogen (secondary N) is 1. The van der Waals surface area contributed by atoms with Gasteiger partial charge in [0.2, 0.25) is 0 Å². The number of benzene rings is 1. The average Bonchev–Trinajstić information content (AvgIpc) is 3.54. The zero-order valence-electron chi connectivity index (χ0n) is 18.7. The Hall–Kier alpha value is -3.40. The van der Waals surface area contributed by atoms with Gasteiger partial charge in [-0.3, -0.25) is 13.8 Å². The lowest BCUT2D eigenvalue weighted by Gasteiger charge is -2.12. The number of aromatic amines is 1. The minimum atomic E-state index is -3.61. The molecule has 0 unspecified atom stereocenters. The van der Waals surface area contributed by atoms with E-state index in [1.165, 1.54) is 6.26 Å². The van der Waals surface area contributed by atoms with Gasteiger partial charge in [0, 0.05) is 37.3 Å². The molecule has 0 saturated heterocycles. The van der Waals surface area contributed by atoms with Gasteiger partial charge in [0.1, 0.15) is 10.7 Å². The fourth-order valence-electron chi connectivity index (χ4n) is 5.33. The summed E-state index contributed by atoms with van der Waals surface area (Å²) in [7, 11) is 0.00761. The molecule has 1 aliphatic rings. The first-order chi connectivity index (χ1) is 15.8. The van der Waals surface area contributed by atoms with E-state index in [0.29, 0.717) is 22.1 Å². The third-order valence-corrected chi connectivity index (χ3v) is 7.98. The second-order valence-corrected chi connectivity index (χ2v) is 11.0. The van der Waals surface area contributed by atoms with E-state index in [4.69, 9.17) is 0 Å². The van der Waals surface area contributed by atoms with Crippen LogP contribution >= 0.6 is 0 Å². The number of hydrogen-bond acceptors (Lipinski definition) is 5. The van der Waals surface area contributed by atoms with Crippen molar-refractivity contribution in [2.24, 2.45) is 14.1 Å². The topological polar surface area (TPSA) is 108 Å². The Balaban J connectivity index is 1.80. The molecule has 1 saturated carbocycles. The van der Waals surface area contributed by atoms with E-state index in [1.54, 1.807) is 28.7 Å². The maximum absolute atomic E-state index is 13.3. The van der Waals surface area contributed by atoms with Crippen LogP contribution in [0.5, 0.6) is 0 Å². The number of hydrogen-bond donors (Lipinski definition) is 1. The highest BCUT2D eigenvalue weighted by Crippen LogP contribution is 2.41. The Morgan fingerprint density at radius 3 is 2.58 bits per heavy atom. The van der Waals surface area contributed by atoms with Gasteiger partial charge in [-0.2, -0.15) is 5.10 Å². The molecule has 4 aromatic heterocycles. The summed E-state index contributed by atoms with van der Waals surface area (Å²) in [5.74, 6) is 0. The van der Waals surface area contributed by atoms with Crippen molar-refractivity contribution in [3.8, 4) is 11.1 Å². The van der Waals surface area contributed by atoms with E-state index in [1.807, 2.05) is 29.8 Å². The molecule has 0 radical (unpaired) electrons. The summed E-state index contributed by atoms with van der Waals surface area (Å²) in [5.41, 5.74) is 4.04. The van der Waals surface area contributed by atoms with E-state index >= 15 is 0 Å². The number of sulfone groups is 1. The van der Waals surface area contributed by atoms with Gasteiger partial charge in [0.25, 0.3) is 0 Å². The molecule has 9 nitrogen and oxygen atoms in total. The molecule has 0 bridgehead atoms. The molecule has 0 atom stereocenters. The lowest BCUT2D eigenvalue weighted by Crippen LogP contribution is -2.24. The van der Waals surface area contributed by atoms with Crippen LogP contribution in [0.4, 0.5) is 0 Å². The normalized spacial score (nSPS) is 15.5. The van der Waals surface area contributed by atoms with Crippen LogP contribution in [0.2, 0.25) is 0 Å². The minimum Gasteiger partial charge on any atom is -0.330 e. The highest BCUT2D eigenvalue weighted by atomic mass is 32.2. The summed E-state index contributed by atoms with van der Waals surface area (Å²) in [5, 5.41) is 5.99. The molecule has 1 fully saturated rings. The predicted octanol–water partition coefficient (Wildman–Crippen LogP) is 3.29. The van der Waals surface area contributed by atoms with E-state index in [9.17, 15) is 13.2 Å². The molecule has 0 amide bonds. The first kappa shape index (κ1) is 20.2. The van der Waals surface area contributed by atoms with Crippen LogP contribution in [0.25, 0.3) is 44.1 Å². The van der Waals surface area contributed by atoms with E-state index in [2.05, 4.69) is 15.1 Å². The number of nitrogens with zero attached hydrogens (tertiary/aromatic N) is 5. The van der Waals surface area contributed by atoms with Crippen molar-refractivity contribution in [2.75, 3.05) is 6.26 Å². The SMILES string of the molecule is Cn1ncc2cc(-c3c(S(C)(=O)=O)[nH]c4ncc5c(c34)n(C3CCCC3)c(=O)n5C)ccc21. The summed E-state index contributed by atoms with van der Waals surface area (Å²) in [6, 6.07) is 5.88. The van der Waals surface area contributed by atoms with Gasteiger partial charge in [-0.1, -0.05) is 18.9 Å². The number of imidazole rings is 1. The molecule has 6 rings (SSSR count). The lowest BCUT2D eigenvalue weighted by atomic mass is 10.0. The Kier molecular flexibility index (Phi) is 4.17. The van der Waals surface area contributed by atoms with Crippen LogP contribution in [-0.4, -0.2) is 43.6 Å². The van der Waals surface area contributed by atoms with Gasteiger partial charge in [-0.05, 0) is 30.5 Å². The Morgan fingerprint density at radius 2 is 1.85 bits per heavy atom. The molecule has 33 heavy (non-hydrogen) atoms. The van der Waals surface area contributed by atoms with Gasteiger partial charge in [-0.15, -0.1) is 0 Å². The number of aryl methyl sites for hydroxylation is 2. The second kappa shape index (κ2) is 6.80. The number of H-pyrrole nitrogens is 1. The first-order valence-electron chi connectivity index (χ1n) is 11.0. The quantitative estimate of drug-likeness (QED) is 0.441. The van der Waals surface area contributed by atoms with Crippen molar-refractivity contribution in [2.45, 2.75) is 36.8 Å². The molecule has 4 heterocycles. The molecule has 1 aliphatic carbocycles. The van der Waals surface area contributed by atoms with E-state index in [-0.39, 0.29) is 16.8 Å². The van der Waals surface area contributed by atoms with Crippen LogP contribution in [0, 0.1) is 0 Å². The minimum absolute atomic E-state index is 0.0945. The first-order valence-corrected chi connectivity index (χ1v) is 12.9. The van der Waals surface area contributed by atoms with Crippen molar-refractivity contribution in [3.05, 3.63) is 41.1 Å². The van der Waals surface area contributed by atoms with Gasteiger partial charge in [0.05, 0.1) is 34.3 Å². The zero-order chi connectivity index (χ0) is 23.1. The molecule has 1 aromatic carbocycles. The fourth-order valence-corrected chi connectivity index (χ4v) is 6.20. The highest BCUT2D eigenvalue weighted by Gasteiger charge is 2.29. The summed E-state index contributed by atoms with van der Waals surface area (Å²) in [6.45, 7) is 0. The molecular formula is C23H24N6O3S. The third kappa shape index (κ3) is 2.83. The highest BCUT2D eigenvalue weighted by molar-refractivity contribution is 7.90. The molecule has 5 aromatic rings. The zero-order valence-corrected chi connectivity index (χ0v) is 19.5. The maximum atomic E-state index is 13.3. The van der Waals surface area contributed by atoms with Gasteiger partial charge in [0.15, 0.2) is 9.84 Å². The van der Waals surface area contributed by atoms with Crippen LogP contribution in [0.15, 0.2) is 40.4 Å². The van der Waals surface area contributed by atoms with Crippen LogP contribution in [-0.2, 0) is 23.9 Å². The molecule has 0 aliphatic heterocycles. The van der Waals surface area contributed by atoms with Crippen molar-refractivity contribution < 1.29 is 8.42 Å². The lowest BCUT2D eigenvalue weighted by molar-refractivity contribution is 0.510. The molecule has 10 heteroatoms. The van der Waals surface area contributed by atoms with Crippen molar-refractivity contribution in [1.29, 1.82) is 0 Å². The van der Waals surface area contributed by atoms with Crippen LogP contribution in [0.3, 0.4) is 0 Å². The van der Waals surface area contributed by atoms with Gasteiger partial charge in [-0.25, -0.2) is 18.2 Å². The molecule has 1 N–H and O–H groups in total. The fraction of sp³-hybridized carbons (Fsp3) is 0.348. The monoisotopic (exact) mass is 464 g/mol. The number of pyridine rings is 1. The standard InChI is InChI=1S/C23H24N6O3S/c1-27-17-12-24-21-19(20(17)29(23(27)30)15-6-4-5-7-15)18(22(26-21)33(3,31)32)13-8-9-16-14(10-13)11-25-28(16)2/h8-12,15H,4-7H2,1-3H3,(H,24,26). The molecule has 0 spiro atoms. The van der Waals surface area contributed by atoms with E-state index in [0.717, 1.165) is 47.7 Å². The smallest absolute Gasteiger partial charge is 0.329 e. The van der Waals surface area contributed by atoms with Crippen LogP contribution < -0.4 is 5.69 Å². The average molecular weight is 465 g/mol. The largest absolute Gasteiger partial charge is 0.330 e. The Labute approximate surface area is 189 Å². The van der Waals surface area contributed by atoms with Gasteiger partial charge >= 0.3 is 5.69 Å². The second-order valence-electron chi connectivity index (χ2n) is 9.01. The Bertz CT molecular complexity index is 1750. The Morgan fingerprint density at radius 1 is 1.09 bits per heavy atom. The summed E-state index contributed by atoms with van der Waals surface area (Å²) >= 11 is 0. The third-order valence-electron chi connectivity index (χ3n) is 6.93. The van der Waals surface area contributed by atoms with Gasteiger partial charge < -0.3 is 4.98 Å². The van der Waals surface area contributed by atoms with Crippen LogP contribution in [0.1, 0.15) is 31.7 Å². The maximum Gasteiger partial charge on any atom is 0.329 e. The van der Waals surface area contributed by atoms with Crippen molar-refractivity contribution in [1.82, 2.24) is 28.9 Å².